The van der Waals surface area contributed by atoms with E-state index in [-0.39, 0.29) is 18.0 Å². The van der Waals surface area contributed by atoms with Crippen molar-refractivity contribution in [1.29, 1.82) is 0 Å². The number of pyridine rings is 1. The highest BCUT2D eigenvalue weighted by molar-refractivity contribution is 5.94. The van der Waals surface area contributed by atoms with Crippen molar-refractivity contribution in [3.05, 3.63) is 53.3 Å². The lowest BCUT2D eigenvalue weighted by atomic mass is 9.88. The summed E-state index contributed by atoms with van der Waals surface area (Å²) in [4.78, 5) is 17.1. The molecular formula is C18H17NO3. The van der Waals surface area contributed by atoms with Gasteiger partial charge in [-0.1, -0.05) is 6.07 Å². The number of benzene rings is 1. The molecule has 22 heavy (non-hydrogen) atoms. The first-order chi connectivity index (χ1) is 10.7. The number of rotatable bonds is 4. The van der Waals surface area contributed by atoms with E-state index in [0.29, 0.717) is 6.42 Å². The second kappa shape index (κ2) is 4.83. The van der Waals surface area contributed by atoms with Gasteiger partial charge in [0.2, 0.25) is 6.79 Å². The minimum absolute atomic E-state index is 0.240. The molecule has 4 heteroatoms. The van der Waals surface area contributed by atoms with Crippen LogP contribution >= 0.6 is 0 Å². The van der Waals surface area contributed by atoms with Gasteiger partial charge in [-0.05, 0) is 55.2 Å². The molecule has 1 aliphatic carbocycles. The summed E-state index contributed by atoms with van der Waals surface area (Å²) in [7, 11) is 0. The molecule has 0 amide bonds. The van der Waals surface area contributed by atoms with Gasteiger partial charge in [0, 0.05) is 18.3 Å². The number of hydrogen-bond acceptors (Lipinski definition) is 4. The van der Waals surface area contributed by atoms with Crippen molar-refractivity contribution in [2.24, 2.45) is 0 Å². The van der Waals surface area contributed by atoms with E-state index in [1.807, 2.05) is 37.3 Å². The molecule has 0 N–H and O–H groups in total. The van der Waals surface area contributed by atoms with E-state index in [4.69, 9.17) is 9.47 Å². The summed E-state index contributed by atoms with van der Waals surface area (Å²) in [5, 5.41) is 0. The van der Waals surface area contributed by atoms with Crippen LogP contribution in [0.15, 0.2) is 36.5 Å². The second-order valence-electron chi connectivity index (χ2n) is 6.07. The molecule has 0 atom stereocenters. The van der Waals surface area contributed by atoms with Crippen LogP contribution in [0.3, 0.4) is 0 Å². The molecule has 4 rings (SSSR count). The van der Waals surface area contributed by atoms with Crippen molar-refractivity contribution >= 4 is 5.78 Å². The predicted octanol–water partition coefficient (Wildman–Crippen LogP) is 2.96. The minimum atomic E-state index is -0.355. The first-order valence-corrected chi connectivity index (χ1v) is 7.52. The van der Waals surface area contributed by atoms with Crippen molar-refractivity contribution < 1.29 is 14.3 Å². The zero-order chi connectivity index (χ0) is 15.2. The highest BCUT2D eigenvalue weighted by Gasteiger charge is 2.50. The number of ether oxygens (including phenoxy) is 2. The lowest BCUT2D eigenvalue weighted by Crippen LogP contribution is -2.23. The van der Waals surface area contributed by atoms with Crippen LogP contribution in [0.25, 0.3) is 0 Å². The van der Waals surface area contributed by atoms with Gasteiger partial charge in [0.1, 0.15) is 5.78 Å². The van der Waals surface area contributed by atoms with Gasteiger partial charge in [0.15, 0.2) is 11.5 Å². The first kappa shape index (κ1) is 13.3. The molecular weight excluding hydrogens is 278 g/mol. The van der Waals surface area contributed by atoms with Crippen molar-refractivity contribution in [3.8, 4) is 11.5 Å². The maximum atomic E-state index is 12.8. The third kappa shape index (κ3) is 2.15. The number of fused-ring (bicyclic) bond motifs is 1. The van der Waals surface area contributed by atoms with Gasteiger partial charge < -0.3 is 9.47 Å². The molecule has 0 spiro atoms. The van der Waals surface area contributed by atoms with Crippen LogP contribution in [0.2, 0.25) is 0 Å². The molecule has 1 aliphatic heterocycles. The van der Waals surface area contributed by atoms with Gasteiger partial charge in [0.25, 0.3) is 0 Å². The molecule has 2 heterocycles. The molecule has 1 aromatic heterocycles. The summed E-state index contributed by atoms with van der Waals surface area (Å²) < 4.78 is 10.8. The number of carbonyl (C=O) groups is 1. The van der Waals surface area contributed by atoms with E-state index in [9.17, 15) is 4.79 Å². The predicted molar refractivity (Wildman–Crippen MR) is 81.2 cm³/mol. The van der Waals surface area contributed by atoms with Crippen molar-refractivity contribution in [2.45, 2.75) is 31.6 Å². The van der Waals surface area contributed by atoms with Crippen LogP contribution < -0.4 is 9.47 Å². The molecule has 1 saturated carbocycles. The van der Waals surface area contributed by atoms with E-state index in [1.54, 1.807) is 6.20 Å². The van der Waals surface area contributed by atoms with Gasteiger partial charge in [-0.15, -0.1) is 0 Å². The Labute approximate surface area is 129 Å². The molecule has 4 nitrogen and oxygen atoms in total. The fourth-order valence-corrected chi connectivity index (χ4v) is 3.08. The fraction of sp³-hybridized carbons (Fsp3) is 0.333. The van der Waals surface area contributed by atoms with Crippen molar-refractivity contribution in [1.82, 2.24) is 4.98 Å². The van der Waals surface area contributed by atoms with Gasteiger partial charge in [-0.2, -0.15) is 0 Å². The molecule has 0 saturated heterocycles. The highest BCUT2D eigenvalue weighted by Crippen LogP contribution is 2.51. The Kier molecular flexibility index (Phi) is 2.93. The monoisotopic (exact) mass is 295 g/mol. The quantitative estimate of drug-likeness (QED) is 0.870. The summed E-state index contributed by atoms with van der Waals surface area (Å²) in [6.07, 6.45) is 3.95. The van der Waals surface area contributed by atoms with Gasteiger partial charge in [0.05, 0.1) is 5.41 Å². The lowest BCUT2D eigenvalue weighted by Gasteiger charge is -2.15. The van der Waals surface area contributed by atoms with E-state index in [2.05, 4.69) is 4.98 Å². The normalized spacial score (nSPS) is 17.3. The summed E-state index contributed by atoms with van der Waals surface area (Å²) in [5.41, 5.74) is 2.66. The number of aryl methyl sites for hydroxylation is 1. The van der Waals surface area contributed by atoms with Crippen LogP contribution in [0.5, 0.6) is 11.5 Å². The van der Waals surface area contributed by atoms with Crippen LogP contribution in [-0.2, 0) is 16.6 Å². The SMILES string of the molecule is Cc1ccnc(CC(=O)C2(c3ccc4c(c3)OCO4)CC2)c1. The third-order valence-corrected chi connectivity index (χ3v) is 4.52. The van der Waals surface area contributed by atoms with E-state index >= 15 is 0 Å². The van der Waals surface area contributed by atoms with Gasteiger partial charge in [-0.3, -0.25) is 9.78 Å². The summed E-state index contributed by atoms with van der Waals surface area (Å²) in [5.74, 6) is 1.74. The minimum Gasteiger partial charge on any atom is -0.454 e. The summed E-state index contributed by atoms with van der Waals surface area (Å²) in [6, 6.07) is 9.77. The second-order valence-corrected chi connectivity index (χ2v) is 6.07. The number of Topliss-reactive ketones (excluding diaryl/α,β-unsaturated/α-hetero) is 1. The Hall–Kier alpha value is -2.36. The molecule has 0 radical (unpaired) electrons. The molecule has 0 unspecified atom stereocenters. The summed E-state index contributed by atoms with van der Waals surface area (Å²) >= 11 is 0. The maximum Gasteiger partial charge on any atom is 0.231 e. The third-order valence-electron chi connectivity index (χ3n) is 4.52. The fourth-order valence-electron chi connectivity index (χ4n) is 3.08. The Morgan fingerprint density at radius 1 is 1.18 bits per heavy atom. The van der Waals surface area contributed by atoms with Crippen LogP contribution in [-0.4, -0.2) is 17.6 Å². The molecule has 2 aromatic rings. The summed E-state index contributed by atoms with van der Waals surface area (Å²) in [6.45, 7) is 2.27. The number of aromatic nitrogens is 1. The lowest BCUT2D eigenvalue weighted by molar-refractivity contribution is -0.120. The topological polar surface area (TPSA) is 48.4 Å². The Balaban J connectivity index is 1.60. The van der Waals surface area contributed by atoms with Gasteiger partial charge in [-0.25, -0.2) is 0 Å². The van der Waals surface area contributed by atoms with E-state index in [1.165, 1.54) is 0 Å². The molecule has 1 fully saturated rings. The number of carbonyl (C=O) groups excluding carboxylic acids is 1. The zero-order valence-corrected chi connectivity index (χ0v) is 12.5. The average Bonchev–Trinajstić information content (AvgIpc) is 3.19. The molecule has 112 valence electrons. The standard InChI is InChI=1S/C18H17NO3/c1-12-4-7-19-14(8-12)10-17(20)18(5-6-18)13-2-3-15-16(9-13)22-11-21-15/h2-4,7-9H,5-6,10-11H2,1H3. The zero-order valence-electron chi connectivity index (χ0n) is 12.5. The van der Waals surface area contributed by atoms with Crippen LogP contribution in [0.4, 0.5) is 0 Å². The molecule has 1 aromatic carbocycles. The van der Waals surface area contributed by atoms with Gasteiger partial charge >= 0.3 is 0 Å². The number of nitrogens with zero attached hydrogens (tertiary/aromatic N) is 1. The van der Waals surface area contributed by atoms with E-state index in [0.717, 1.165) is 41.2 Å². The largest absolute Gasteiger partial charge is 0.454 e. The molecule has 0 bridgehead atoms. The average molecular weight is 295 g/mol. The van der Waals surface area contributed by atoms with Crippen molar-refractivity contribution in [3.63, 3.8) is 0 Å². The first-order valence-electron chi connectivity index (χ1n) is 7.52. The Bertz CT molecular complexity index is 750. The molecule has 2 aliphatic rings. The number of hydrogen-bond donors (Lipinski definition) is 0. The Morgan fingerprint density at radius 2 is 2.00 bits per heavy atom. The maximum absolute atomic E-state index is 12.8. The highest BCUT2D eigenvalue weighted by atomic mass is 16.7. The smallest absolute Gasteiger partial charge is 0.231 e. The number of ketones is 1. The van der Waals surface area contributed by atoms with Crippen LogP contribution in [0, 0.1) is 6.92 Å². The van der Waals surface area contributed by atoms with E-state index < -0.39 is 0 Å². The van der Waals surface area contributed by atoms with Crippen molar-refractivity contribution in [2.75, 3.05) is 6.79 Å². The Morgan fingerprint density at radius 3 is 2.77 bits per heavy atom. The van der Waals surface area contributed by atoms with Crippen LogP contribution in [0.1, 0.15) is 29.7 Å².